The first-order valence-electron chi connectivity index (χ1n) is 8.50. The van der Waals surface area contributed by atoms with Gasteiger partial charge in [0.2, 0.25) is 0 Å². The largest absolute Gasteiger partial charge is 0.497 e. The Labute approximate surface area is 172 Å². The van der Waals surface area contributed by atoms with Crippen molar-refractivity contribution in [3.63, 3.8) is 0 Å². The lowest BCUT2D eigenvalue weighted by molar-refractivity contribution is 0.310. The quantitative estimate of drug-likeness (QED) is 0.259. The van der Waals surface area contributed by atoms with E-state index in [9.17, 15) is 0 Å². The van der Waals surface area contributed by atoms with Gasteiger partial charge in [-0.1, -0.05) is 0 Å². The van der Waals surface area contributed by atoms with Gasteiger partial charge in [-0.3, -0.25) is 4.99 Å². The molecule has 0 aromatic heterocycles. The molecule has 25 heavy (non-hydrogen) atoms. The predicted octanol–water partition coefficient (Wildman–Crippen LogP) is 3.53. The summed E-state index contributed by atoms with van der Waals surface area (Å²) in [4.78, 5) is 4.29. The van der Waals surface area contributed by atoms with Crippen molar-refractivity contribution in [3.8, 4) is 11.5 Å². The van der Waals surface area contributed by atoms with Crippen LogP contribution in [0.3, 0.4) is 0 Å². The Balaban J connectivity index is 0.00000312. The third kappa shape index (κ3) is 7.94. The number of hydrogen-bond acceptors (Lipinski definition) is 4. The zero-order valence-corrected chi connectivity index (χ0v) is 18.5. The van der Waals surface area contributed by atoms with Gasteiger partial charge in [0.1, 0.15) is 11.5 Å². The van der Waals surface area contributed by atoms with Crippen LogP contribution in [0.4, 0.5) is 0 Å². The molecule has 1 aliphatic rings. The fraction of sp³-hybridized carbons (Fsp3) is 0.611. The number of rotatable bonds is 8. The first-order valence-corrected chi connectivity index (χ1v) is 9.49. The standard InChI is InChI=1S/C18H29N3O2S.HI/c1-18(10-4-13-24-18)14-21-17(19-2)20-11-5-12-23-16-8-6-15(22-3)7-9-16;/h6-9H,4-5,10-14H2,1-3H3,(H2,19,20,21);1H. The van der Waals surface area contributed by atoms with Crippen molar-refractivity contribution in [1.29, 1.82) is 0 Å². The van der Waals surface area contributed by atoms with Crippen LogP contribution in [0.5, 0.6) is 11.5 Å². The van der Waals surface area contributed by atoms with Crippen molar-refractivity contribution in [3.05, 3.63) is 24.3 Å². The van der Waals surface area contributed by atoms with E-state index in [0.29, 0.717) is 11.4 Å². The SMILES string of the molecule is CN=C(NCCCOc1ccc(OC)cc1)NCC1(C)CCCS1.I. The summed E-state index contributed by atoms with van der Waals surface area (Å²) in [7, 11) is 3.47. The molecular weight excluding hydrogens is 449 g/mol. The third-order valence-electron chi connectivity index (χ3n) is 4.10. The molecule has 1 aliphatic heterocycles. The molecule has 0 aliphatic carbocycles. The lowest BCUT2D eigenvalue weighted by Gasteiger charge is -2.24. The predicted molar refractivity (Wildman–Crippen MR) is 118 cm³/mol. The van der Waals surface area contributed by atoms with Gasteiger partial charge in [-0.25, -0.2) is 0 Å². The van der Waals surface area contributed by atoms with E-state index in [1.165, 1.54) is 18.6 Å². The molecule has 142 valence electrons. The van der Waals surface area contributed by atoms with Crippen molar-refractivity contribution < 1.29 is 9.47 Å². The highest BCUT2D eigenvalue weighted by Crippen LogP contribution is 2.36. The number of guanidine groups is 1. The summed E-state index contributed by atoms with van der Waals surface area (Å²) in [6.07, 6.45) is 3.51. The van der Waals surface area contributed by atoms with Crippen LogP contribution in [-0.4, -0.2) is 50.3 Å². The molecule has 0 saturated carbocycles. The normalized spacial score (nSPS) is 19.9. The zero-order chi connectivity index (χ0) is 17.3. The summed E-state index contributed by atoms with van der Waals surface area (Å²) >= 11 is 2.06. The molecule has 0 amide bonds. The molecule has 5 nitrogen and oxygen atoms in total. The summed E-state index contributed by atoms with van der Waals surface area (Å²) < 4.78 is 11.2. The molecule has 7 heteroatoms. The van der Waals surface area contributed by atoms with Crippen LogP contribution >= 0.6 is 35.7 Å². The molecule has 2 N–H and O–H groups in total. The fourth-order valence-electron chi connectivity index (χ4n) is 2.61. The van der Waals surface area contributed by atoms with E-state index in [0.717, 1.165) is 37.0 Å². The summed E-state index contributed by atoms with van der Waals surface area (Å²) in [5.41, 5.74) is 0. The Morgan fingerprint density at radius 3 is 2.56 bits per heavy atom. The molecule has 1 saturated heterocycles. The second-order valence-electron chi connectivity index (χ2n) is 6.13. The number of thioether (sulfide) groups is 1. The number of methoxy groups -OCH3 is 1. The smallest absolute Gasteiger partial charge is 0.191 e. The maximum atomic E-state index is 5.72. The van der Waals surface area contributed by atoms with Crippen molar-refractivity contribution in [2.75, 3.05) is 39.6 Å². The van der Waals surface area contributed by atoms with E-state index < -0.39 is 0 Å². The van der Waals surface area contributed by atoms with Gasteiger partial charge in [-0.05, 0) is 56.2 Å². The molecule has 1 heterocycles. The lowest BCUT2D eigenvalue weighted by atomic mass is 10.1. The van der Waals surface area contributed by atoms with Crippen molar-refractivity contribution in [2.24, 2.45) is 4.99 Å². The van der Waals surface area contributed by atoms with E-state index in [1.807, 2.05) is 31.3 Å². The van der Waals surface area contributed by atoms with Crippen LogP contribution in [0.2, 0.25) is 0 Å². The summed E-state index contributed by atoms with van der Waals surface area (Å²) in [5.74, 6) is 3.85. The second kappa shape index (κ2) is 11.7. The number of aliphatic imine (C=N–C) groups is 1. The zero-order valence-electron chi connectivity index (χ0n) is 15.3. The van der Waals surface area contributed by atoms with Gasteiger partial charge in [-0.15, -0.1) is 24.0 Å². The summed E-state index contributed by atoms with van der Waals surface area (Å²) in [6, 6.07) is 7.65. The van der Waals surface area contributed by atoms with Gasteiger partial charge >= 0.3 is 0 Å². The molecule has 1 unspecified atom stereocenters. The van der Waals surface area contributed by atoms with Crippen LogP contribution < -0.4 is 20.1 Å². The molecule has 1 fully saturated rings. The third-order valence-corrected chi connectivity index (χ3v) is 5.63. The Hall–Kier alpha value is -0.830. The van der Waals surface area contributed by atoms with Crippen LogP contribution in [0, 0.1) is 0 Å². The van der Waals surface area contributed by atoms with E-state index in [-0.39, 0.29) is 24.0 Å². The monoisotopic (exact) mass is 479 g/mol. The maximum Gasteiger partial charge on any atom is 0.191 e. The molecular formula is C18H30IN3O2S. The number of halogens is 1. The van der Waals surface area contributed by atoms with E-state index in [4.69, 9.17) is 9.47 Å². The molecule has 0 radical (unpaired) electrons. The van der Waals surface area contributed by atoms with Crippen LogP contribution in [0.15, 0.2) is 29.3 Å². The van der Waals surface area contributed by atoms with E-state index in [1.54, 1.807) is 7.11 Å². The van der Waals surface area contributed by atoms with Gasteiger partial charge in [0.25, 0.3) is 0 Å². The summed E-state index contributed by atoms with van der Waals surface area (Å²) in [5, 5.41) is 6.78. The van der Waals surface area contributed by atoms with Crippen molar-refractivity contribution >= 4 is 41.7 Å². The summed E-state index contributed by atoms with van der Waals surface area (Å²) in [6.45, 7) is 4.79. The topological polar surface area (TPSA) is 54.9 Å². The van der Waals surface area contributed by atoms with Crippen molar-refractivity contribution in [1.82, 2.24) is 10.6 Å². The Kier molecular flexibility index (Phi) is 10.4. The van der Waals surface area contributed by atoms with E-state index >= 15 is 0 Å². The molecule has 0 bridgehead atoms. The van der Waals surface area contributed by atoms with Gasteiger partial charge in [0.15, 0.2) is 5.96 Å². The number of nitrogens with one attached hydrogen (secondary N) is 2. The maximum absolute atomic E-state index is 5.72. The molecule has 2 rings (SSSR count). The average Bonchev–Trinajstić information content (AvgIpc) is 3.04. The molecule has 1 aromatic carbocycles. The lowest BCUT2D eigenvalue weighted by Crippen LogP contribution is -2.44. The highest BCUT2D eigenvalue weighted by molar-refractivity contribution is 14.0. The minimum atomic E-state index is 0. The number of nitrogens with zero attached hydrogens (tertiary/aromatic N) is 1. The first-order chi connectivity index (χ1) is 11.6. The van der Waals surface area contributed by atoms with Gasteiger partial charge < -0.3 is 20.1 Å². The van der Waals surface area contributed by atoms with Crippen LogP contribution in [-0.2, 0) is 0 Å². The van der Waals surface area contributed by atoms with Gasteiger partial charge in [0.05, 0.1) is 13.7 Å². The minimum Gasteiger partial charge on any atom is -0.497 e. The highest BCUT2D eigenvalue weighted by Gasteiger charge is 2.29. The van der Waals surface area contributed by atoms with Gasteiger partial charge in [0, 0.05) is 24.9 Å². The molecule has 0 spiro atoms. The van der Waals surface area contributed by atoms with Gasteiger partial charge in [-0.2, -0.15) is 11.8 Å². The minimum absolute atomic E-state index is 0. The van der Waals surface area contributed by atoms with Crippen LogP contribution in [0.1, 0.15) is 26.2 Å². The number of benzene rings is 1. The van der Waals surface area contributed by atoms with Crippen molar-refractivity contribution in [2.45, 2.75) is 30.9 Å². The Morgan fingerprint density at radius 2 is 1.96 bits per heavy atom. The average molecular weight is 479 g/mol. The Bertz CT molecular complexity index is 520. The Morgan fingerprint density at radius 1 is 1.24 bits per heavy atom. The first kappa shape index (κ1) is 22.2. The van der Waals surface area contributed by atoms with E-state index in [2.05, 4.69) is 34.3 Å². The highest BCUT2D eigenvalue weighted by atomic mass is 127. The molecule has 1 aromatic rings. The fourth-order valence-corrected chi connectivity index (χ4v) is 3.85. The molecule has 1 atom stereocenters. The number of hydrogen-bond donors (Lipinski definition) is 2. The second-order valence-corrected chi connectivity index (χ2v) is 7.81. The number of ether oxygens (including phenoxy) is 2. The van der Waals surface area contributed by atoms with Crippen LogP contribution in [0.25, 0.3) is 0 Å².